The summed E-state index contributed by atoms with van der Waals surface area (Å²) in [6.45, 7) is 5.73. The summed E-state index contributed by atoms with van der Waals surface area (Å²) in [4.78, 5) is 16.8. The fourth-order valence-corrected chi connectivity index (χ4v) is 6.84. The molecule has 1 amide bonds. The van der Waals surface area contributed by atoms with Crippen LogP contribution in [-0.4, -0.2) is 43.6 Å². The first kappa shape index (κ1) is 29.4. The minimum atomic E-state index is -3.88. The predicted octanol–water partition coefficient (Wildman–Crippen LogP) is 4.90. The SMILES string of the molecule is Cc1c(F)cccc1C(=O)NCC(O)CCc1cccc(N(CC(C)C)S(=O)(=O)c2ccc3nc(N)sc3c2)c1. The smallest absolute Gasteiger partial charge is 0.264 e. The fraction of sp³-hybridized carbons (Fsp3) is 0.310. The van der Waals surface area contributed by atoms with E-state index in [1.807, 2.05) is 26.0 Å². The normalized spacial score (nSPS) is 12.6. The molecule has 1 unspecified atom stereocenters. The van der Waals surface area contributed by atoms with Crippen LogP contribution in [0.4, 0.5) is 15.2 Å². The average molecular weight is 585 g/mol. The number of aryl methyl sites for hydroxylation is 1. The molecule has 212 valence electrons. The Morgan fingerprint density at radius 3 is 2.65 bits per heavy atom. The molecule has 4 rings (SSSR count). The van der Waals surface area contributed by atoms with E-state index in [4.69, 9.17) is 5.73 Å². The first-order chi connectivity index (χ1) is 19.0. The van der Waals surface area contributed by atoms with Crippen LogP contribution in [-0.2, 0) is 16.4 Å². The maximum absolute atomic E-state index is 13.8. The van der Waals surface area contributed by atoms with Gasteiger partial charge in [0, 0.05) is 18.7 Å². The Balaban J connectivity index is 1.46. The molecule has 1 aromatic heterocycles. The van der Waals surface area contributed by atoms with Crippen LogP contribution in [0.15, 0.2) is 65.6 Å². The molecule has 0 radical (unpaired) electrons. The maximum atomic E-state index is 13.8. The maximum Gasteiger partial charge on any atom is 0.264 e. The summed E-state index contributed by atoms with van der Waals surface area (Å²) in [5, 5.41) is 13.5. The van der Waals surface area contributed by atoms with Gasteiger partial charge in [0.25, 0.3) is 15.9 Å². The molecular formula is C29H33FN4O4S2. The van der Waals surface area contributed by atoms with Crippen LogP contribution in [0.5, 0.6) is 0 Å². The Hall–Kier alpha value is -3.54. The van der Waals surface area contributed by atoms with E-state index in [1.54, 1.807) is 30.3 Å². The third kappa shape index (κ3) is 6.78. The Kier molecular flexibility index (Phi) is 9.07. The number of anilines is 2. The number of carbonyl (C=O) groups excluding carboxylic acids is 1. The van der Waals surface area contributed by atoms with Crippen molar-refractivity contribution in [1.82, 2.24) is 10.3 Å². The third-order valence-corrected chi connectivity index (χ3v) is 9.11. The van der Waals surface area contributed by atoms with Crippen molar-refractivity contribution in [3.63, 3.8) is 0 Å². The number of thiazole rings is 1. The Bertz CT molecular complexity index is 1620. The number of aromatic nitrogens is 1. The van der Waals surface area contributed by atoms with Gasteiger partial charge in [-0.15, -0.1) is 0 Å². The molecule has 0 saturated carbocycles. The number of aliphatic hydroxyl groups excluding tert-OH is 1. The van der Waals surface area contributed by atoms with Crippen molar-refractivity contribution in [3.8, 4) is 0 Å². The van der Waals surface area contributed by atoms with E-state index in [9.17, 15) is 22.7 Å². The second-order valence-corrected chi connectivity index (χ2v) is 13.0. The van der Waals surface area contributed by atoms with E-state index >= 15 is 0 Å². The molecule has 0 spiro atoms. The zero-order valence-electron chi connectivity index (χ0n) is 22.6. The number of nitrogens with two attached hydrogens (primary N) is 1. The molecular weight excluding hydrogens is 551 g/mol. The minimum Gasteiger partial charge on any atom is -0.391 e. The van der Waals surface area contributed by atoms with Crippen LogP contribution in [0.3, 0.4) is 0 Å². The Morgan fingerprint density at radius 1 is 1.15 bits per heavy atom. The number of hydrogen-bond donors (Lipinski definition) is 3. The van der Waals surface area contributed by atoms with E-state index in [-0.39, 0.29) is 35.0 Å². The molecule has 0 aliphatic rings. The van der Waals surface area contributed by atoms with Gasteiger partial charge in [-0.1, -0.05) is 43.4 Å². The molecule has 0 bridgehead atoms. The number of halogens is 1. The lowest BCUT2D eigenvalue weighted by Gasteiger charge is -2.27. The topological polar surface area (TPSA) is 126 Å². The standard InChI is InChI=1S/C29H33FN4O4S2/c1-18(2)17-34(40(37,38)23-12-13-26-27(15-23)39-29(31)33-26)21-7-4-6-20(14-21)10-11-22(35)16-32-28(36)24-8-5-9-25(30)19(24)3/h4-9,12-15,18,22,35H,10-11,16-17H2,1-3H3,(H2,31,33)(H,32,36). The largest absolute Gasteiger partial charge is 0.391 e. The van der Waals surface area contributed by atoms with E-state index < -0.39 is 27.9 Å². The number of nitrogens with one attached hydrogen (secondary N) is 1. The van der Waals surface area contributed by atoms with Gasteiger partial charge in [0.15, 0.2) is 5.13 Å². The number of fused-ring (bicyclic) bond motifs is 1. The lowest BCUT2D eigenvalue weighted by Crippen LogP contribution is -2.34. The molecule has 3 aromatic carbocycles. The summed E-state index contributed by atoms with van der Waals surface area (Å²) in [5.74, 6) is -0.851. The molecule has 1 heterocycles. The van der Waals surface area contributed by atoms with Crippen LogP contribution in [0.2, 0.25) is 0 Å². The number of carbonyl (C=O) groups is 1. The predicted molar refractivity (Wildman–Crippen MR) is 158 cm³/mol. The number of rotatable bonds is 11. The van der Waals surface area contributed by atoms with E-state index in [0.717, 1.165) is 5.56 Å². The van der Waals surface area contributed by atoms with Crippen LogP contribution in [0.1, 0.15) is 41.8 Å². The zero-order chi connectivity index (χ0) is 29.0. The number of sulfonamides is 1. The van der Waals surface area contributed by atoms with Crippen molar-refractivity contribution in [2.75, 3.05) is 23.1 Å². The van der Waals surface area contributed by atoms with Crippen molar-refractivity contribution in [1.29, 1.82) is 0 Å². The molecule has 0 aliphatic carbocycles. The molecule has 1 atom stereocenters. The summed E-state index contributed by atoms with van der Waals surface area (Å²) >= 11 is 1.24. The van der Waals surface area contributed by atoms with E-state index in [2.05, 4.69) is 10.3 Å². The third-order valence-electron chi connectivity index (χ3n) is 6.47. The highest BCUT2D eigenvalue weighted by atomic mass is 32.2. The van der Waals surface area contributed by atoms with Gasteiger partial charge in [-0.25, -0.2) is 17.8 Å². The number of amides is 1. The van der Waals surface area contributed by atoms with Crippen molar-refractivity contribution in [3.05, 3.63) is 83.2 Å². The zero-order valence-corrected chi connectivity index (χ0v) is 24.2. The summed E-state index contributed by atoms with van der Waals surface area (Å²) < 4.78 is 43.4. The van der Waals surface area contributed by atoms with Gasteiger partial charge < -0.3 is 16.2 Å². The minimum absolute atomic E-state index is 0.00685. The van der Waals surface area contributed by atoms with Gasteiger partial charge in [-0.05, 0) is 79.3 Å². The van der Waals surface area contributed by atoms with E-state index in [0.29, 0.717) is 33.9 Å². The summed E-state index contributed by atoms with van der Waals surface area (Å²) in [5.41, 5.74) is 8.30. The second-order valence-electron chi connectivity index (χ2n) is 10.1. The molecule has 4 aromatic rings. The molecule has 11 heteroatoms. The fourth-order valence-electron chi connectivity index (χ4n) is 4.35. The van der Waals surface area contributed by atoms with Crippen molar-refractivity contribution in [2.24, 2.45) is 5.92 Å². The van der Waals surface area contributed by atoms with Crippen LogP contribution >= 0.6 is 11.3 Å². The average Bonchev–Trinajstić information content (AvgIpc) is 3.30. The highest BCUT2D eigenvalue weighted by Crippen LogP contribution is 2.30. The monoisotopic (exact) mass is 584 g/mol. The van der Waals surface area contributed by atoms with Gasteiger partial charge in [-0.2, -0.15) is 0 Å². The van der Waals surface area contributed by atoms with Gasteiger partial charge in [0.05, 0.1) is 26.9 Å². The molecule has 8 nitrogen and oxygen atoms in total. The second kappa shape index (κ2) is 12.3. The number of aliphatic hydroxyl groups is 1. The highest BCUT2D eigenvalue weighted by molar-refractivity contribution is 7.92. The van der Waals surface area contributed by atoms with E-state index in [1.165, 1.54) is 40.8 Å². The Labute approximate surface area is 237 Å². The van der Waals surface area contributed by atoms with Crippen LogP contribution in [0, 0.1) is 18.7 Å². The molecule has 40 heavy (non-hydrogen) atoms. The molecule has 0 saturated heterocycles. The number of benzene rings is 3. The lowest BCUT2D eigenvalue weighted by molar-refractivity contribution is 0.0910. The summed E-state index contributed by atoms with van der Waals surface area (Å²) in [6, 6.07) is 16.3. The van der Waals surface area contributed by atoms with Gasteiger partial charge in [0.2, 0.25) is 0 Å². The first-order valence-electron chi connectivity index (χ1n) is 12.9. The summed E-state index contributed by atoms with van der Waals surface area (Å²) in [7, 11) is -3.88. The van der Waals surface area contributed by atoms with Crippen molar-refractivity contribution in [2.45, 2.75) is 44.6 Å². The highest BCUT2D eigenvalue weighted by Gasteiger charge is 2.27. The van der Waals surface area contributed by atoms with Gasteiger partial charge >= 0.3 is 0 Å². The van der Waals surface area contributed by atoms with Gasteiger partial charge in [-0.3, -0.25) is 9.10 Å². The number of nitrogens with zero attached hydrogens (tertiary/aromatic N) is 2. The first-order valence-corrected chi connectivity index (χ1v) is 15.2. The number of nitrogen functional groups attached to an aromatic ring is 1. The molecule has 0 fully saturated rings. The summed E-state index contributed by atoms with van der Waals surface area (Å²) in [6.07, 6.45) is -0.0341. The Morgan fingerprint density at radius 2 is 1.90 bits per heavy atom. The van der Waals surface area contributed by atoms with Gasteiger partial charge in [0.1, 0.15) is 5.82 Å². The van der Waals surface area contributed by atoms with Crippen LogP contribution in [0.25, 0.3) is 10.2 Å². The van der Waals surface area contributed by atoms with Crippen LogP contribution < -0.4 is 15.4 Å². The molecule has 4 N–H and O–H groups in total. The quantitative estimate of drug-likeness (QED) is 0.230. The molecule has 0 aliphatic heterocycles. The van der Waals surface area contributed by atoms with Crippen molar-refractivity contribution >= 4 is 48.3 Å². The lowest BCUT2D eigenvalue weighted by atomic mass is 10.1. The number of hydrogen-bond acceptors (Lipinski definition) is 7. The van der Waals surface area contributed by atoms with Crippen molar-refractivity contribution < 1.29 is 22.7 Å².